The molecule has 1 saturated heterocycles. The van der Waals surface area contributed by atoms with E-state index < -0.39 is 5.82 Å². The second kappa shape index (κ2) is 5.14. The number of ether oxygens (including phenoxy) is 1. The summed E-state index contributed by atoms with van der Waals surface area (Å²) < 4.78 is 19.0. The van der Waals surface area contributed by atoms with Crippen molar-refractivity contribution in [1.82, 2.24) is 5.32 Å². The van der Waals surface area contributed by atoms with Gasteiger partial charge in [-0.1, -0.05) is 0 Å². The Morgan fingerprint density at radius 3 is 2.94 bits per heavy atom. The molecule has 1 fully saturated rings. The second-order valence-corrected chi connectivity index (χ2v) is 4.93. The van der Waals surface area contributed by atoms with Gasteiger partial charge < -0.3 is 10.1 Å². The Kier molecular flexibility index (Phi) is 3.79. The molecule has 2 atom stereocenters. The fourth-order valence-corrected chi connectivity index (χ4v) is 2.06. The Morgan fingerprint density at radius 2 is 2.35 bits per heavy atom. The zero-order valence-electron chi connectivity index (χ0n) is 9.37. The summed E-state index contributed by atoms with van der Waals surface area (Å²) in [6, 6.07) is 4.34. The molecule has 17 heavy (non-hydrogen) atoms. The molecule has 1 aliphatic heterocycles. The Hall–Kier alpha value is -0.940. The molecule has 1 aliphatic rings. The van der Waals surface area contributed by atoms with Gasteiger partial charge in [0.25, 0.3) is 5.91 Å². The molecule has 0 spiro atoms. The van der Waals surface area contributed by atoms with E-state index in [1.165, 1.54) is 12.1 Å². The van der Waals surface area contributed by atoms with Crippen LogP contribution in [0.15, 0.2) is 22.7 Å². The number of nitrogens with one attached hydrogen (secondary N) is 1. The minimum atomic E-state index is -0.437. The van der Waals surface area contributed by atoms with E-state index in [2.05, 4.69) is 21.2 Å². The van der Waals surface area contributed by atoms with Crippen LogP contribution < -0.4 is 5.32 Å². The number of halogens is 2. The van der Waals surface area contributed by atoms with Gasteiger partial charge in [0.05, 0.1) is 16.6 Å². The van der Waals surface area contributed by atoms with Gasteiger partial charge in [0.1, 0.15) is 5.82 Å². The molecule has 1 heterocycles. The molecule has 1 amide bonds. The third-order valence-corrected chi connectivity index (χ3v) is 3.52. The van der Waals surface area contributed by atoms with E-state index in [1.807, 2.05) is 6.92 Å². The summed E-state index contributed by atoms with van der Waals surface area (Å²) in [7, 11) is 0. The molecule has 2 rings (SSSR count). The summed E-state index contributed by atoms with van der Waals surface area (Å²) in [6.07, 6.45) is 0.811. The Bertz CT molecular complexity index is 439. The molecule has 1 aromatic carbocycles. The number of rotatable bonds is 2. The normalized spacial score (nSPS) is 23.7. The van der Waals surface area contributed by atoms with E-state index in [-0.39, 0.29) is 18.1 Å². The van der Waals surface area contributed by atoms with Crippen LogP contribution in [0, 0.1) is 5.82 Å². The number of hydrogen-bond acceptors (Lipinski definition) is 2. The van der Waals surface area contributed by atoms with Crippen LogP contribution in [-0.2, 0) is 4.74 Å². The van der Waals surface area contributed by atoms with E-state index in [4.69, 9.17) is 4.74 Å². The van der Waals surface area contributed by atoms with Crippen molar-refractivity contribution in [3.63, 3.8) is 0 Å². The van der Waals surface area contributed by atoms with Crippen molar-refractivity contribution >= 4 is 21.8 Å². The van der Waals surface area contributed by atoms with E-state index in [1.54, 1.807) is 6.07 Å². The van der Waals surface area contributed by atoms with Crippen LogP contribution in [0.1, 0.15) is 23.7 Å². The van der Waals surface area contributed by atoms with Gasteiger partial charge in [0, 0.05) is 12.2 Å². The molecular weight excluding hydrogens is 289 g/mol. The van der Waals surface area contributed by atoms with E-state index in [0.717, 1.165) is 6.42 Å². The van der Waals surface area contributed by atoms with E-state index in [9.17, 15) is 9.18 Å². The molecule has 0 radical (unpaired) electrons. The lowest BCUT2D eigenvalue weighted by molar-refractivity contribution is 0.0866. The summed E-state index contributed by atoms with van der Waals surface area (Å²) in [4.78, 5) is 11.9. The van der Waals surface area contributed by atoms with Gasteiger partial charge in [-0.2, -0.15) is 0 Å². The van der Waals surface area contributed by atoms with Crippen LogP contribution in [0.3, 0.4) is 0 Å². The third-order valence-electron chi connectivity index (χ3n) is 2.87. The van der Waals surface area contributed by atoms with E-state index in [0.29, 0.717) is 16.6 Å². The Morgan fingerprint density at radius 1 is 1.59 bits per heavy atom. The molecule has 1 N–H and O–H groups in total. The first-order valence-electron chi connectivity index (χ1n) is 5.45. The van der Waals surface area contributed by atoms with Crippen molar-refractivity contribution in [1.29, 1.82) is 0 Å². The largest absolute Gasteiger partial charge is 0.376 e. The lowest BCUT2D eigenvalue weighted by atomic mass is 10.1. The van der Waals surface area contributed by atoms with Crippen LogP contribution in [0.5, 0.6) is 0 Å². The molecule has 3 nitrogen and oxygen atoms in total. The molecule has 5 heteroatoms. The first kappa shape index (κ1) is 12.5. The van der Waals surface area contributed by atoms with Gasteiger partial charge in [-0.05, 0) is 47.5 Å². The number of amides is 1. The van der Waals surface area contributed by atoms with Crippen molar-refractivity contribution < 1.29 is 13.9 Å². The summed E-state index contributed by atoms with van der Waals surface area (Å²) in [5, 5.41) is 2.85. The number of carbonyl (C=O) groups excluding carboxylic acids is 1. The van der Waals surface area contributed by atoms with Crippen molar-refractivity contribution in [3.8, 4) is 0 Å². The average Bonchev–Trinajstić information content (AvgIpc) is 2.68. The first-order chi connectivity index (χ1) is 8.08. The van der Waals surface area contributed by atoms with Gasteiger partial charge in [0.15, 0.2) is 0 Å². The predicted molar refractivity (Wildman–Crippen MR) is 65.4 cm³/mol. The molecule has 0 aliphatic carbocycles. The lowest BCUT2D eigenvalue weighted by Gasteiger charge is -2.16. The Labute approximate surface area is 107 Å². The monoisotopic (exact) mass is 301 g/mol. The van der Waals surface area contributed by atoms with Gasteiger partial charge in [-0.25, -0.2) is 4.39 Å². The topological polar surface area (TPSA) is 38.3 Å². The highest BCUT2D eigenvalue weighted by Crippen LogP contribution is 2.17. The smallest absolute Gasteiger partial charge is 0.251 e. The zero-order chi connectivity index (χ0) is 12.4. The molecule has 1 aromatic rings. The van der Waals surface area contributed by atoms with Crippen LogP contribution in [0.2, 0.25) is 0 Å². The molecule has 0 saturated carbocycles. The molecule has 0 aromatic heterocycles. The van der Waals surface area contributed by atoms with Crippen molar-refractivity contribution in [3.05, 3.63) is 34.1 Å². The molecule has 92 valence electrons. The second-order valence-electron chi connectivity index (χ2n) is 4.07. The maximum atomic E-state index is 13.3. The zero-order valence-corrected chi connectivity index (χ0v) is 11.0. The fraction of sp³-hybridized carbons (Fsp3) is 0.417. The SMILES string of the molecule is CC1OCCC1NC(=O)c1ccc(Br)c(F)c1. The summed E-state index contributed by atoms with van der Waals surface area (Å²) in [6.45, 7) is 2.57. The number of carbonyl (C=O) groups is 1. The quantitative estimate of drug-likeness (QED) is 0.911. The standard InChI is InChI=1S/C12H13BrFNO2/c1-7-11(4-5-17-7)15-12(16)8-2-3-9(13)10(14)6-8/h2-3,6-7,11H,4-5H2,1H3,(H,15,16). The highest BCUT2D eigenvalue weighted by Gasteiger charge is 2.26. The summed E-state index contributed by atoms with van der Waals surface area (Å²) >= 11 is 3.05. The minimum absolute atomic E-state index is 0.00853. The van der Waals surface area contributed by atoms with Gasteiger partial charge in [-0.3, -0.25) is 4.79 Å². The van der Waals surface area contributed by atoms with Crippen molar-refractivity contribution in [2.24, 2.45) is 0 Å². The van der Waals surface area contributed by atoms with Gasteiger partial charge in [-0.15, -0.1) is 0 Å². The number of benzene rings is 1. The van der Waals surface area contributed by atoms with Crippen LogP contribution >= 0.6 is 15.9 Å². The van der Waals surface area contributed by atoms with E-state index >= 15 is 0 Å². The third kappa shape index (κ3) is 2.84. The number of hydrogen-bond donors (Lipinski definition) is 1. The lowest BCUT2D eigenvalue weighted by Crippen LogP contribution is -2.39. The first-order valence-corrected chi connectivity index (χ1v) is 6.25. The van der Waals surface area contributed by atoms with Crippen LogP contribution in [0.25, 0.3) is 0 Å². The molecule has 0 bridgehead atoms. The minimum Gasteiger partial charge on any atom is -0.376 e. The highest BCUT2D eigenvalue weighted by molar-refractivity contribution is 9.10. The molecular formula is C12H13BrFNO2. The highest BCUT2D eigenvalue weighted by atomic mass is 79.9. The van der Waals surface area contributed by atoms with Crippen molar-refractivity contribution in [2.75, 3.05) is 6.61 Å². The fourth-order valence-electron chi connectivity index (χ4n) is 1.81. The van der Waals surface area contributed by atoms with Gasteiger partial charge in [0.2, 0.25) is 0 Å². The molecule has 2 unspecified atom stereocenters. The van der Waals surface area contributed by atoms with Crippen molar-refractivity contribution in [2.45, 2.75) is 25.5 Å². The summed E-state index contributed by atoms with van der Waals surface area (Å²) in [5.74, 6) is -0.702. The van der Waals surface area contributed by atoms with Gasteiger partial charge >= 0.3 is 0 Å². The maximum Gasteiger partial charge on any atom is 0.251 e. The summed E-state index contributed by atoms with van der Waals surface area (Å²) in [5.41, 5.74) is 0.324. The van der Waals surface area contributed by atoms with Crippen LogP contribution in [-0.4, -0.2) is 24.7 Å². The van der Waals surface area contributed by atoms with Crippen LogP contribution in [0.4, 0.5) is 4.39 Å². The Balaban J connectivity index is 2.06. The average molecular weight is 302 g/mol. The predicted octanol–water partition coefficient (Wildman–Crippen LogP) is 2.50. The maximum absolute atomic E-state index is 13.3.